The van der Waals surface area contributed by atoms with E-state index >= 15 is 0 Å². The molecule has 0 atom stereocenters. The van der Waals surface area contributed by atoms with Gasteiger partial charge in [0, 0.05) is 25.8 Å². The first-order valence-electron chi connectivity index (χ1n) is 8.07. The van der Waals surface area contributed by atoms with Crippen LogP contribution in [0.25, 0.3) is 0 Å². The van der Waals surface area contributed by atoms with Gasteiger partial charge in [-0.3, -0.25) is 9.59 Å². The number of hydrogen-bond acceptors (Lipinski definition) is 6. The summed E-state index contributed by atoms with van der Waals surface area (Å²) in [5, 5.41) is 8.79. The highest BCUT2D eigenvalue weighted by molar-refractivity contribution is 5.82. The minimum Gasteiger partial charge on any atom is -0.466 e. The third-order valence-corrected chi connectivity index (χ3v) is 3.81. The van der Waals surface area contributed by atoms with Crippen molar-refractivity contribution < 1.29 is 14.3 Å². The van der Waals surface area contributed by atoms with Gasteiger partial charge in [0.2, 0.25) is 5.91 Å². The molecule has 0 aromatic carbocycles. The Balaban J connectivity index is 1.91. The first-order chi connectivity index (χ1) is 11.5. The van der Waals surface area contributed by atoms with Crippen LogP contribution in [0.5, 0.6) is 0 Å². The van der Waals surface area contributed by atoms with Crippen molar-refractivity contribution in [2.75, 3.05) is 31.6 Å². The number of carbonyl (C=O) groups excluding carboxylic acids is 2. The number of amides is 1. The number of hydrogen-bond donors (Lipinski definition) is 0. The first-order valence-corrected chi connectivity index (χ1v) is 8.07. The smallest absolute Gasteiger partial charge is 0.307 e. The highest BCUT2D eigenvalue weighted by Gasteiger charge is 2.33. The minimum atomic E-state index is -0.280. The molecule has 1 aromatic rings. The van der Waals surface area contributed by atoms with Gasteiger partial charge in [-0.2, -0.15) is 5.26 Å². The summed E-state index contributed by atoms with van der Waals surface area (Å²) in [6.45, 7) is 2.68. The summed E-state index contributed by atoms with van der Waals surface area (Å²) in [7, 11) is 1.78. The number of rotatable bonds is 8. The molecule has 0 aliphatic heterocycles. The van der Waals surface area contributed by atoms with Crippen LogP contribution in [0.1, 0.15) is 31.7 Å². The number of ether oxygens (including phenoxy) is 1. The molecule has 7 heteroatoms. The summed E-state index contributed by atoms with van der Waals surface area (Å²) in [5.41, 5.74) is 0.479. The van der Waals surface area contributed by atoms with Crippen LogP contribution in [0.4, 0.5) is 5.82 Å². The Morgan fingerprint density at radius 1 is 1.42 bits per heavy atom. The molecule has 1 aliphatic carbocycles. The molecule has 128 valence electrons. The quantitative estimate of drug-likeness (QED) is 0.669. The van der Waals surface area contributed by atoms with E-state index in [0.29, 0.717) is 24.5 Å². The molecule has 0 bridgehead atoms. The van der Waals surface area contributed by atoms with Crippen molar-refractivity contribution >= 4 is 17.7 Å². The van der Waals surface area contributed by atoms with Crippen LogP contribution in [0.15, 0.2) is 18.3 Å². The Morgan fingerprint density at radius 3 is 2.71 bits per heavy atom. The fraction of sp³-hybridized carbons (Fsp3) is 0.529. The number of nitrogens with zero attached hydrogens (tertiary/aromatic N) is 4. The molecule has 0 radical (unpaired) electrons. The molecule has 1 heterocycles. The summed E-state index contributed by atoms with van der Waals surface area (Å²) in [6, 6.07) is 5.63. The van der Waals surface area contributed by atoms with E-state index in [2.05, 4.69) is 4.98 Å². The molecule has 1 amide bonds. The Labute approximate surface area is 141 Å². The van der Waals surface area contributed by atoms with Crippen LogP contribution in [0.3, 0.4) is 0 Å². The first kappa shape index (κ1) is 17.7. The van der Waals surface area contributed by atoms with Gasteiger partial charge in [0.05, 0.1) is 25.1 Å². The van der Waals surface area contributed by atoms with Gasteiger partial charge < -0.3 is 14.5 Å². The van der Waals surface area contributed by atoms with E-state index in [9.17, 15) is 9.59 Å². The molecular formula is C17H22N4O3. The van der Waals surface area contributed by atoms with E-state index in [-0.39, 0.29) is 30.9 Å². The lowest BCUT2D eigenvalue weighted by Gasteiger charge is -2.25. The van der Waals surface area contributed by atoms with Crippen LogP contribution in [0, 0.1) is 11.3 Å². The monoisotopic (exact) mass is 330 g/mol. The second kappa shape index (κ2) is 8.29. The number of esters is 1. The third kappa shape index (κ3) is 4.95. The van der Waals surface area contributed by atoms with Gasteiger partial charge in [-0.15, -0.1) is 0 Å². The number of nitriles is 1. The van der Waals surface area contributed by atoms with Crippen molar-refractivity contribution in [1.82, 2.24) is 9.88 Å². The molecule has 0 spiro atoms. The predicted octanol–water partition coefficient (Wildman–Crippen LogP) is 1.33. The summed E-state index contributed by atoms with van der Waals surface area (Å²) in [6.07, 6.45) is 3.66. The summed E-state index contributed by atoms with van der Waals surface area (Å²) in [4.78, 5) is 31.7. The van der Waals surface area contributed by atoms with E-state index in [1.54, 1.807) is 35.9 Å². The van der Waals surface area contributed by atoms with E-state index in [0.717, 1.165) is 12.8 Å². The maximum Gasteiger partial charge on any atom is 0.307 e. The minimum absolute atomic E-state index is 0.0320. The molecule has 24 heavy (non-hydrogen) atoms. The number of carbonyl (C=O) groups is 2. The maximum absolute atomic E-state index is 12.6. The molecule has 1 aromatic heterocycles. The lowest BCUT2D eigenvalue weighted by molar-refractivity contribution is -0.144. The largest absolute Gasteiger partial charge is 0.466 e. The van der Waals surface area contributed by atoms with Crippen LogP contribution >= 0.6 is 0 Å². The normalized spacial score (nSPS) is 13.0. The Kier molecular flexibility index (Phi) is 6.13. The molecular weight excluding hydrogens is 308 g/mol. The van der Waals surface area contributed by atoms with Gasteiger partial charge in [0.25, 0.3) is 0 Å². The average molecular weight is 330 g/mol. The topological polar surface area (TPSA) is 86.5 Å². The molecule has 1 aliphatic rings. The number of aromatic nitrogens is 1. The van der Waals surface area contributed by atoms with E-state index < -0.39 is 0 Å². The zero-order valence-corrected chi connectivity index (χ0v) is 14.1. The van der Waals surface area contributed by atoms with Crippen molar-refractivity contribution in [2.45, 2.75) is 32.2 Å². The molecule has 0 N–H and O–H groups in total. The Morgan fingerprint density at radius 2 is 2.17 bits per heavy atom. The third-order valence-electron chi connectivity index (χ3n) is 3.81. The maximum atomic E-state index is 12.6. The second-order valence-corrected chi connectivity index (χ2v) is 5.75. The summed E-state index contributed by atoms with van der Waals surface area (Å²) < 4.78 is 4.92. The van der Waals surface area contributed by atoms with Crippen molar-refractivity contribution in [3.8, 4) is 6.07 Å². The van der Waals surface area contributed by atoms with E-state index in [1.807, 2.05) is 6.07 Å². The standard InChI is InChI=1S/C17H22N4O3/c1-3-24-17(23)8-9-21(14-5-6-14)16(22)12-20(2)15-7-4-13(10-18)11-19-15/h4,7,11,14H,3,5-6,8-9,12H2,1-2H3. The van der Waals surface area contributed by atoms with Crippen molar-refractivity contribution in [3.63, 3.8) is 0 Å². The van der Waals surface area contributed by atoms with Crippen LogP contribution in [0.2, 0.25) is 0 Å². The SMILES string of the molecule is CCOC(=O)CCN(C(=O)CN(C)c1ccc(C#N)cn1)C1CC1. The zero-order valence-electron chi connectivity index (χ0n) is 14.1. The summed E-state index contributed by atoms with van der Waals surface area (Å²) in [5.74, 6) is 0.317. The van der Waals surface area contributed by atoms with E-state index in [4.69, 9.17) is 10.00 Å². The van der Waals surface area contributed by atoms with Crippen molar-refractivity contribution in [1.29, 1.82) is 5.26 Å². The van der Waals surface area contributed by atoms with Gasteiger partial charge in [0.1, 0.15) is 11.9 Å². The Hall–Kier alpha value is -2.62. The van der Waals surface area contributed by atoms with Crippen molar-refractivity contribution in [3.05, 3.63) is 23.9 Å². The highest BCUT2D eigenvalue weighted by atomic mass is 16.5. The van der Waals surface area contributed by atoms with Crippen LogP contribution in [-0.4, -0.2) is 54.5 Å². The van der Waals surface area contributed by atoms with Gasteiger partial charge in [-0.25, -0.2) is 4.98 Å². The zero-order chi connectivity index (χ0) is 17.5. The van der Waals surface area contributed by atoms with Crippen LogP contribution < -0.4 is 4.90 Å². The summed E-state index contributed by atoms with van der Waals surface area (Å²) >= 11 is 0. The van der Waals surface area contributed by atoms with Gasteiger partial charge in [-0.05, 0) is 31.9 Å². The van der Waals surface area contributed by atoms with Gasteiger partial charge >= 0.3 is 5.97 Å². The highest BCUT2D eigenvalue weighted by Crippen LogP contribution is 2.27. The van der Waals surface area contributed by atoms with Crippen LogP contribution in [-0.2, 0) is 14.3 Å². The lowest BCUT2D eigenvalue weighted by Crippen LogP contribution is -2.41. The molecule has 0 unspecified atom stereocenters. The second-order valence-electron chi connectivity index (χ2n) is 5.75. The van der Waals surface area contributed by atoms with Gasteiger partial charge in [0.15, 0.2) is 0 Å². The molecule has 1 fully saturated rings. The predicted molar refractivity (Wildman–Crippen MR) is 88.2 cm³/mol. The molecule has 0 saturated heterocycles. The number of pyridine rings is 1. The fourth-order valence-corrected chi connectivity index (χ4v) is 2.39. The number of likely N-dealkylation sites (N-methyl/N-ethyl adjacent to an activating group) is 1. The number of anilines is 1. The average Bonchev–Trinajstić information content (AvgIpc) is 3.40. The molecule has 2 rings (SSSR count). The van der Waals surface area contributed by atoms with Crippen molar-refractivity contribution in [2.24, 2.45) is 0 Å². The molecule has 1 saturated carbocycles. The Bertz CT molecular complexity index is 620. The molecule has 7 nitrogen and oxygen atoms in total. The lowest BCUT2D eigenvalue weighted by atomic mass is 10.3. The fourth-order valence-electron chi connectivity index (χ4n) is 2.39. The van der Waals surface area contributed by atoms with E-state index in [1.165, 1.54) is 6.20 Å². The van der Waals surface area contributed by atoms with Gasteiger partial charge in [-0.1, -0.05) is 0 Å².